The summed E-state index contributed by atoms with van der Waals surface area (Å²) in [6.07, 6.45) is 1.16. The molecule has 0 aromatic heterocycles. The number of halogens is 2. The van der Waals surface area contributed by atoms with Crippen LogP contribution in [0.15, 0.2) is 53.0 Å². The highest BCUT2D eigenvalue weighted by molar-refractivity contribution is 9.10. The molecule has 8 heteroatoms. The smallest absolute Gasteiger partial charge is 0.253 e. The molecule has 3 rings (SSSR count). The van der Waals surface area contributed by atoms with Crippen LogP contribution in [0.4, 0.5) is 5.69 Å². The molecule has 0 atom stereocenters. The lowest BCUT2D eigenvalue weighted by molar-refractivity contribution is -0.138. The van der Waals surface area contributed by atoms with E-state index in [9.17, 15) is 14.4 Å². The van der Waals surface area contributed by atoms with Gasteiger partial charge in [-0.15, -0.1) is 0 Å². The Labute approximate surface area is 189 Å². The number of likely N-dealkylation sites (N-methyl/N-ethyl adjacent to an activating group) is 1. The van der Waals surface area contributed by atoms with Gasteiger partial charge in [0.2, 0.25) is 11.8 Å². The van der Waals surface area contributed by atoms with E-state index in [0.717, 1.165) is 4.47 Å². The van der Waals surface area contributed by atoms with Gasteiger partial charge in [0, 0.05) is 36.1 Å². The SMILES string of the molecule is CN(CC(=O)Nc1ccccc1Cl)C(=O)C1CCN(C(=O)c2ccc(Br)cc2)CC1. The Balaban J connectivity index is 1.49. The molecule has 1 fully saturated rings. The van der Waals surface area contributed by atoms with Crippen molar-refractivity contribution in [2.45, 2.75) is 12.8 Å². The Kier molecular flexibility index (Phi) is 7.50. The number of hydrogen-bond acceptors (Lipinski definition) is 3. The van der Waals surface area contributed by atoms with Gasteiger partial charge in [0.25, 0.3) is 5.91 Å². The molecule has 1 aliphatic heterocycles. The maximum Gasteiger partial charge on any atom is 0.253 e. The van der Waals surface area contributed by atoms with Gasteiger partial charge in [-0.1, -0.05) is 39.7 Å². The van der Waals surface area contributed by atoms with E-state index in [4.69, 9.17) is 11.6 Å². The molecule has 0 radical (unpaired) electrons. The summed E-state index contributed by atoms with van der Waals surface area (Å²) < 4.78 is 0.921. The summed E-state index contributed by atoms with van der Waals surface area (Å²) in [5.74, 6) is -0.611. The number of nitrogens with one attached hydrogen (secondary N) is 1. The van der Waals surface area contributed by atoms with Crippen molar-refractivity contribution in [3.05, 3.63) is 63.6 Å². The monoisotopic (exact) mass is 491 g/mol. The molecule has 0 spiro atoms. The lowest BCUT2D eigenvalue weighted by Gasteiger charge is -2.33. The van der Waals surface area contributed by atoms with Crippen LogP contribution in [0.25, 0.3) is 0 Å². The van der Waals surface area contributed by atoms with E-state index in [-0.39, 0.29) is 30.2 Å². The van der Waals surface area contributed by atoms with Crippen LogP contribution in [0, 0.1) is 5.92 Å². The Morgan fingerprint density at radius 2 is 1.73 bits per heavy atom. The lowest BCUT2D eigenvalue weighted by atomic mass is 9.95. The zero-order valence-corrected chi connectivity index (χ0v) is 18.9. The second kappa shape index (κ2) is 10.1. The van der Waals surface area contributed by atoms with Gasteiger partial charge in [-0.3, -0.25) is 14.4 Å². The molecule has 6 nitrogen and oxygen atoms in total. The third kappa shape index (κ3) is 5.61. The molecule has 0 unspecified atom stereocenters. The number of hydrogen-bond donors (Lipinski definition) is 1. The van der Waals surface area contributed by atoms with Gasteiger partial charge in [-0.25, -0.2) is 0 Å². The van der Waals surface area contributed by atoms with Gasteiger partial charge in [0.15, 0.2) is 0 Å². The third-order valence-electron chi connectivity index (χ3n) is 5.13. The second-order valence-electron chi connectivity index (χ2n) is 7.30. The minimum absolute atomic E-state index is 0.0270. The fourth-order valence-electron chi connectivity index (χ4n) is 3.46. The Morgan fingerprint density at radius 1 is 1.10 bits per heavy atom. The van der Waals surface area contributed by atoms with Crippen LogP contribution >= 0.6 is 27.5 Å². The first-order chi connectivity index (χ1) is 14.3. The number of para-hydroxylation sites is 1. The maximum atomic E-state index is 12.7. The summed E-state index contributed by atoms with van der Waals surface area (Å²) in [6, 6.07) is 14.2. The Morgan fingerprint density at radius 3 is 2.37 bits per heavy atom. The first-order valence-electron chi connectivity index (χ1n) is 9.69. The summed E-state index contributed by atoms with van der Waals surface area (Å²) in [5.41, 5.74) is 1.15. The third-order valence-corrected chi connectivity index (χ3v) is 5.99. The molecule has 1 N–H and O–H groups in total. The number of likely N-dealkylation sites (tertiary alicyclic amines) is 1. The molecule has 30 heavy (non-hydrogen) atoms. The Bertz CT molecular complexity index is 927. The largest absolute Gasteiger partial charge is 0.339 e. The van der Waals surface area contributed by atoms with E-state index < -0.39 is 0 Å². The van der Waals surface area contributed by atoms with Crippen molar-refractivity contribution < 1.29 is 14.4 Å². The predicted octanol–water partition coefficient (Wildman–Crippen LogP) is 4.05. The number of piperidine rings is 1. The summed E-state index contributed by atoms with van der Waals surface area (Å²) in [4.78, 5) is 40.8. The average Bonchev–Trinajstić information content (AvgIpc) is 2.75. The van der Waals surface area contributed by atoms with Crippen molar-refractivity contribution in [1.29, 1.82) is 0 Å². The van der Waals surface area contributed by atoms with Crippen molar-refractivity contribution in [3.63, 3.8) is 0 Å². The number of carbonyl (C=O) groups is 3. The van der Waals surface area contributed by atoms with Gasteiger partial charge in [0.05, 0.1) is 17.3 Å². The Hall–Kier alpha value is -2.38. The first-order valence-corrected chi connectivity index (χ1v) is 10.9. The topological polar surface area (TPSA) is 69.7 Å². The van der Waals surface area contributed by atoms with Gasteiger partial charge in [-0.05, 0) is 49.2 Å². The van der Waals surface area contributed by atoms with E-state index in [1.165, 1.54) is 4.90 Å². The van der Waals surface area contributed by atoms with E-state index in [1.807, 2.05) is 12.1 Å². The molecule has 2 aromatic carbocycles. The molecule has 0 bridgehead atoms. The van der Waals surface area contributed by atoms with E-state index >= 15 is 0 Å². The van der Waals surface area contributed by atoms with Crippen molar-refractivity contribution >= 4 is 50.9 Å². The van der Waals surface area contributed by atoms with Crippen molar-refractivity contribution in [3.8, 4) is 0 Å². The summed E-state index contributed by atoms with van der Waals surface area (Å²) in [7, 11) is 1.62. The van der Waals surface area contributed by atoms with Crippen molar-refractivity contribution in [2.24, 2.45) is 5.92 Å². The van der Waals surface area contributed by atoms with Crippen LogP contribution in [-0.2, 0) is 9.59 Å². The first kappa shape index (κ1) is 22.3. The molecular weight excluding hydrogens is 470 g/mol. The highest BCUT2D eigenvalue weighted by Crippen LogP contribution is 2.23. The number of rotatable bonds is 5. The van der Waals surface area contributed by atoms with Crippen LogP contribution in [0.1, 0.15) is 23.2 Å². The summed E-state index contributed by atoms with van der Waals surface area (Å²) >= 11 is 9.42. The van der Waals surface area contributed by atoms with E-state index in [1.54, 1.807) is 48.3 Å². The van der Waals surface area contributed by atoms with Crippen LogP contribution < -0.4 is 5.32 Å². The van der Waals surface area contributed by atoms with Crippen molar-refractivity contribution in [2.75, 3.05) is 32.0 Å². The van der Waals surface area contributed by atoms with Gasteiger partial charge in [-0.2, -0.15) is 0 Å². The van der Waals surface area contributed by atoms with Crippen LogP contribution in [0.5, 0.6) is 0 Å². The summed E-state index contributed by atoms with van der Waals surface area (Å²) in [5, 5.41) is 3.17. The number of benzene rings is 2. The molecule has 2 aromatic rings. The predicted molar refractivity (Wildman–Crippen MR) is 120 cm³/mol. The van der Waals surface area contributed by atoms with E-state index in [2.05, 4.69) is 21.2 Å². The minimum Gasteiger partial charge on any atom is -0.339 e. The molecule has 1 aliphatic rings. The van der Waals surface area contributed by atoms with Gasteiger partial charge in [0.1, 0.15) is 0 Å². The normalized spacial score (nSPS) is 14.3. The van der Waals surface area contributed by atoms with Crippen LogP contribution in [-0.4, -0.2) is 54.2 Å². The van der Waals surface area contributed by atoms with E-state index in [0.29, 0.717) is 42.2 Å². The maximum absolute atomic E-state index is 12.7. The van der Waals surface area contributed by atoms with Crippen LogP contribution in [0.2, 0.25) is 5.02 Å². The second-order valence-corrected chi connectivity index (χ2v) is 8.62. The van der Waals surface area contributed by atoms with Gasteiger partial charge < -0.3 is 15.1 Å². The molecule has 158 valence electrons. The molecule has 1 saturated heterocycles. The molecule has 1 heterocycles. The van der Waals surface area contributed by atoms with Gasteiger partial charge >= 0.3 is 0 Å². The molecule has 3 amide bonds. The summed E-state index contributed by atoms with van der Waals surface area (Å²) in [6.45, 7) is 0.984. The highest BCUT2D eigenvalue weighted by atomic mass is 79.9. The quantitative estimate of drug-likeness (QED) is 0.684. The van der Waals surface area contributed by atoms with Crippen molar-refractivity contribution in [1.82, 2.24) is 9.80 Å². The average molecular weight is 493 g/mol. The fourth-order valence-corrected chi connectivity index (χ4v) is 3.91. The number of anilines is 1. The molecule has 0 aliphatic carbocycles. The highest BCUT2D eigenvalue weighted by Gasteiger charge is 2.30. The molecule has 0 saturated carbocycles. The number of nitrogens with zero attached hydrogens (tertiary/aromatic N) is 2. The fraction of sp³-hybridized carbons (Fsp3) is 0.318. The lowest BCUT2D eigenvalue weighted by Crippen LogP contribution is -2.45. The number of amides is 3. The number of carbonyl (C=O) groups excluding carboxylic acids is 3. The standard InChI is InChI=1S/C22H23BrClN3O3/c1-26(14-20(28)25-19-5-3-2-4-18(19)24)21(29)16-10-12-27(13-11-16)22(30)15-6-8-17(23)9-7-15/h2-9,16H,10-14H2,1H3,(H,25,28). The zero-order chi connectivity index (χ0) is 21.7. The van der Waals surface area contributed by atoms with Crippen LogP contribution in [0.3, 0.4) is 0 Å². The molecular formula is C22H23BrClN3O3. The zero-order valence-electron chi connectivity index (χ0n) is 16.6. The minimum atomic E-state index is -0.304.